The van der Waals surface area contributed by atoms with Crippen molar-refractivity contribution < 1.29 is 19.1 Å². The van der Waals surface area contributed by atoms with Crippen LogP contribution in [0.5, 0.6) is 5.75 Å². The number of para-hydroxylation sites is 1. The standard InChI is InChI=1S/C28H31NO4/c1-5-32-28(31)25-18(4)29-22-15-20(19-11-7-6-8-12-19)16-23(30)27(22)26(25)21-13-9-10-14-24(21)33-17(2)3/h6-14,17,20,26,29H,5,15-16H2,1-4H3/t20-,26-/m1/s1. The zero-order valence-corrected chi connectivity index (χ0v) is 19.7. The summed E-state index contributed by atoms with van der Waals surface area (Å²) in [4.78, 5) is 26.7. The van der Waals surface area contributed by atoms with Crippen molar-refractivity contribution in [2.24, 2.45) is 0 Å². The van der Waals surface area contributed by atoms with Crippen LogP contribution in [-0.2, 0) is 14.3 Å². The van der Waals surface area contributed by atoms with Gasteiger partial charge in [0, 0.05) is 29.0 Å². The number of carbonyl (C=O) groups is 2. The average molecular weight is 446 g/mol. The van der Waals surface area contributed by atoms with E-state index in [1.54, 1.807) is 6.92 Å². The number of carbonyl (C=O) groups excluding carboxylic acids is 2. The fraction of sp³-hybridized carbons (Fsp3) is 0.357. The monoisotopic (exact) mass is 445 g/mol. The third-order valence-electron chi connectivity index (χ3n) is 6.19. The van der Waals surface area contributed by atoms with Crippen molar-refractivity contribution in [1.82, 2.24) is 5.32 Å². The number of allylic oxidation sites excluding steroid dienone is 3. The summed E-state index contributed by atoms with van der Waals surface area (Å²) < 4.78 is 11.5. The summed E-state index contributed by atoms with van der Waals surface area (Å²) in [7, 11) is 0. The fourth-order valence-corrected chi connectivity index (χ4v) is 4.87. The van der Waals surface area contributed by atoms with Gasteiger partial charge >= 0.3 is 5.97 Å². The van der Waals surface area contributed by atoms with Gasteiger partial charge in [-0.3, -0.25) is 4.79 Å². The number of benzene rings is 2. The van der Waals surface area contributed by atoms with Gasteiger partial charge in [0.25, 0.3) is 0 Å². The Morgan fingerprint density at radius 2 is 1.76 bits per heavy atom. The average Bonchev–Trinajstić information content (AvgIpc) is 2.78. The summed E-state index contributed by atoms with van der Waals surface area (Å²) in [6.07, 6.45) is 1.08. The zero-order chi connectivity index (χ0) is 23.5. The highest BCUT2D eigenvalue weighted by atomic mass is 16.5. The quantitative estimate of drug-likeness (QED) is 0.603. The Morgan fingerprint density at radius 3 is 2.45 bits per heavy atom. The number of ketones is 1. The lowest BCUT2D eigenvalue weighted by molar-refractivity contribution is -0.138. The molecular formula is C28H31NO4. The summed E-state index contributed by atoms with van der Waals surface area (Å²) in [5.74, 6) is -0.101. The maximum absolute atomic E-state index is 13.6. The first-order valence-electron chi connectivity index (χ1n) is 11.6. The van der Waals surface area contributed by atoms with Crippen LogP contribution in [0, 0.1) is 0 Å². The van der Waals surface area contributed by atoms with Crippen LogP contribution >= 0.6 is 0 Å². The maximum atomic E-state index is 13.6. The predicted octanol–water partition coefficient (Wildman–Crippen LogP) is 5.40. The van der Waals surface area contributed by atoms with E-state index in [0.29, 0.717) is 29.7 Å². The molecule has 0 aromatic heterocycles. The third kappa shape index (κ3) is 4.58. The zero-order valence-electron chi connectivity index (χ0n) is 19.7. The molecule has 1 heterocycles. The molecule has 172 valence electrons. The Hall–Kier alpha value is -3.34. The first kappa shape index (κ1) is 22.8. The van der Waals surface area contributed by atoms with Crippen LogP contribution in [-0.4, -0.2) is 24.5 Å². The molecule has 2 atom stereocenters. The summed E-state index contributed by atoms with van der Waals surface area (Å²) in [6, 6.07) is 17.8. The Labute approximate surface area is 195 Å². The maximum Gasteiger partial charge on any atom is 0.336 e. The highest BCUT2D eigenvalue weighted by Crippen LogP contribution is 2.47. The van der Waals surface area contributed by atoms with Gasteiger partial charge in [-0.2, -0.15) is 0 Å². The molecule has 0 radical (unpaired) electrons. The van der Waals surface area contributed by atoms with Crippen LogP contribution < -0.4 is 10.1 Å². The lowest BCUT2D eigenvalue weighted by atomic mass is 9.71. The topological polar surface area (TPSA) is 64.6 Å². The molecule has 2 aromatic carbocycles. The van der Waals surface area contributed by atoms with E-state index in [2.05, 4.69) is 17.4 Å². The number of hydrogen-bond donors (Lipinski definition) is 1. The van der Waals surface area contributed by atoms with E-state index in [0.717, 1.165) is 22.5 Å². The minimum atomic E-state index is -0.528. The molecule has 1 aliphatic heterocycles. The molecule has 0 unspecified atom stereocenters. The van der Waals surface area contributed by atoms with E-state index >= 15 is 0 Å². The molecule has 33 heavy (non-hydrogen) atoms. The lowest BCUT2D eigenvalue weighted by Crippen LogP contribution is -2.36. The number of nitrogens with one attached hydrogen (secondary N) is 1. The molecule has 0 fully saturated rings. The van der Waals surface area contributed by atoms with Crippen LogP contribution in [0.15, 0.2) is 77.1 Å². The number of hydrogen-bond acceptors (Lipinski definition) is 5. The fourth-order valence-electron chi connectivity index (χ4n) is 4.87. The van der Waals surface area contributed by atoms with Crippen molar-refractivity contribution in [3.8, 4) is 5.75 Å². The number of rotatable bonds is 6. The van der Waals surface area contributed by atoms with E-state index in [4.69, 9.17) is 9.47 Å². The molecule has 1 aliphatic carbocycles. The van der Waals surface area contributed by atoms with Gasteiger partial charge in [-0.15, -0.1) is 0 Å². The SMILES string of the molecule is CCOC(=O)C1=C(C)NC2=C(C(=O)C[C@H](c3ccccc3)C2)[C@@H]1c1ccccc1OC(C)C. The second-order valence-electron chi connectivity index (χ2n) is 8.85. The Balaban J connectivity index is 1.84. The molecule has 1 N–H and O–H groups in total. The van der Waals surface area contributed by atoms with Crippen LogP contribution in [0.4, 0.5) is 0 Å². The molecule has 0 bridgehead atoms. The van der Waals surface area contributed by atoms with Gasteiger partial charge in [-0.05, 0) is 51.7 Å². The Bertz CT molecular complexity index is 1110. The summed E-state index contributed by atoms with van der Waals surface area (Å²) in [5.41, 5.74) is 4.69. The van der Waals surface area contributed by atoms with Gasteiger partial charge in [0.1, 0.15) is 5.75 Å². The van der Waals surface area contributed by atoms with Crippen molar-refractivity contribution in [2.75, 3.05) is 6.61 Å². The second-order valence-corrected chi connectivity index (χ2v) is 8.85. The van der Waals surface area contributed by atoms with Gasteiger partial charge in [-0.25, -0.2) is 4.79 Å². The van der Waals surface area contributed by atoms with E-state index in [1.165, 1.54) is 0 Å². The molecule has 0 saturated heterocycles. The summed E-state index contributed by atoms with van der Waals surface area (Å²) in [5, 5.41) is 3.39. The minimum absolute atomic E-state index is 0.0399. The van der Waals surface area contributed by atoms with Gasteiger partial charge in [0.05, 0.1) is 24.2 Å². The van der Waals surface area contributed by atoms with Crippen molar-refractivity contribution >= 4 is 11.8 Å². The Kier molecular flexibility index (Phi) is 6.68. The normalized spacial score (nSPS) is 20.5. The van der Waals surface area contributed by atoms with Crippen LogP contribution in [0.3, 0.4) is 0 Å². The number of ether oxygens (including phenoxy) is 2. The number of dihydropyridines is 1. The lowest BCUT2D eigenvalue weighted by Gasteiger charge is -2.37. The molecule has 4 rings (SSSR count). The van der Waals surface area contributed by atoms with Crippen molar-refractivity contribution in [2.45, 2.75) is 58.5 Å². The van der Waals surface area contributed by atoms with Crippen molar-refractivity contribution in [3.63, 3.8) is 0 Å². The molecule has 0 spiro atoms. The van der Waals surface area contributed by atoms with Gasteiger partial charge in [0.15, 0.2) is 5.78 Å². The Morgan fingerprint density at radius 1 is 1.06 bits per heavy atom. The first-order chi connectivity index (χ1) is 15.9. The predicted molar refractivity (Wildman–Crippen MR) is 128 cm³/mol. The molecular weight excluding hydrogens is 414 g/mol. The van der Waals surface area contributed by atoms with Crippen LogP contribution in [0.1, 0.15) is 63.5 Å². The molecule has 5 nitrogen and oxygen atoms in total. The number of Topliss-reactive ketones (excluding diaryl/α,β-unsaturated/α-hetero) is 1. The van der Waals surface area contributed by atoms with E-state index < -0.39 is 11.9 Å². The van der Waals surface area contributed by atoms with Crippen LogP contribution in [0.2, 0.25) is 0 Å². The second kappa shape index (κ2) is 9.65. The van der Waals surface area contributed by atoms with E-state index in [9.17, 15) is 9.59 Å². The highest BCUT2D eigenvalue weighted by Gasteiger charge is 2.42. The van der Waals surface area contributed by atoms with Gasteiger partial charge in [0.2, 0.25) is 0 Å². The molecule has 2 aromatic rings. The van der Waals surface area contributed by atoms with Gasteiger partial charge in [-0.1, -0.05) is 48.5 Å². The van der Waals surface area contributed by atoms with Crippen molar-refractivity contribution in [1.29, 1.82) is 0 Å². The summed E-state index contributed by atoms with van der Waals surface area (Å²) >= 11 is 0. The molecule has 0 amide bonds. The highest BCUT2D eigenvalue weighted by molar-refractivity contribution is 6.04. The van der Waals surface area contributed by atoms with Gasteiger partial charge < -0.3 is 14.8 Å². The molecule has 0 saturated carbocycles. The minimum Gasteiger partial charge on any atom is -0.491 e. The largest absolute Gasteiger partial charge is 0.491 e. The van der Waals surface area contributed by atoms with E-state index in [-0.39, 0.29) is 24.4 Å². The third-order valence-corrected chi connectivity index (χ3v) is 6.19. The molecule has 5 heteroatoms. The number of esters is 1. The summed E-state index contributed by atoms with van der Waals surface area (Å²) in [6.45, 7) is 7.87. The van der Waals surface area contributed by atoms with Crippen LogP contribution in [0.25, 0.3) is 0 Å². The molecule has 2 aliphatic rings. The van der Waals surface area contributed by atoms with E-state index in [1.807, 2.05) is 63.2 Å². The first-order valence-corrected chi connectivity index (χ1v) is 11.6. The van der Waals surface area contributed by atoms with Crippen molar-refractivity contribution in [3.05, 3.63) is 88.3 Å². The smallest absolute Gasteiger partial charge is 0.336 e.